The Hall–Kier alpha value is -1.25. The summed E-state index contributed by atoms with van der Waals surface area (Å²) in [6.07, 6.45) is 0. The molecular formula is C13H12Cl2N2. The summed E-state index contributed by atoms with van der Waals surface area (Å²) >= 11 is 12.0. The summed E-state index contributed by atoms with van der Waals surface area (Å²) in [5.74, 6) is 0.718. The highest BCUT2D eigenvalue weighted by atomic mass is 35.5. The summed E-state index contributed by atoms with van der Waals surface area (Å²) in [6, 6.07) is 9.53. The third-order valence-corrected chi connectivity index (χ3v) is 2.98. The minimum absolute atomic E-state index is 0.478. The number of nitrogens with one attached hydrogen (secondary N) is 1. The molecule has 4 heteroatoms. The van der Waals surface area contributed by atoms with Gasteiger partial charge < -0.3 is 5.32 Å². The van der Waals surface area contributed by atoms with E-state index in [4.69, 9.17) is 23.2 Å². The first-order chi connectivity index (χ1) is 8.04. The van der Waals surface area contributed by atoms with Gasteiger partial charge in [0.2, 0.25) is 0 Å². The van der Waals surface area contributed by atoms with Crippen molar-refractivity contribution in [3.63, 3.8) is 0 Å². The Morgan fingerprint density at radius 3 is 2.47 bits per heavy atom. The van der Waals surface area contributed by atoms with Crippen molar-refractivity contribution in [3.05, 3.63) is 51.6 Å². The van der Waals surface area contributed by atoms with Crippen LogP contribution in [-0.4, -0.2) is 4.98 Å². The van der Waals surface area contributed by atoms with Gasteiger partial charge in [-0.2, -0.15) is 0 Å². The van der Waals surface area contributed by atoms with Gasteiger partial charge >= 0.3 is 0 Å². The summed E-state index contributed by atoms with van der Waals surface area (Å²) in [4.78, 5) is 4.19. The standard InChI is InChI=1S/C13H12Cl2N2/c1-8-5-12(15)17-13(6-8)16-10-4-3-9(2)11(14)7-10/h3-7H,1-2H3,(H,16,17). The summed E-state index contributed by atoms with van der Waals surface area (Å²) in [5.41, 5.74) is 3.01. The number of halogens is 2. The fourth-order valence-electron chi connectivity index (χ4n) is 1.51. The molecule has 0 aliphatic rings. The van der Waals surface area contributed by atoms with Crippen LogP contribution < -0.4 is 5.32 Å². The van der Waals surface area contributed by atoms with E-state index in [1.54, 1.807) is 0 Å². The van der Waals surface area contributed by atoms with E-state index in [9.17, 15) is 0 Å². The molecule has 1 N–H and O–H groups in total. The number of nitrogens with zero attached hydrogens (tertiary/aromatic N) is 1. The SMILES string of the molecule is Cc1cc(Cl)nc(Nc2ccc(C)c(Cl)c2)c1. The van der Waals surface area contributed by atoms with Gasteiger partial charge in [0.1, 0.15) is 11.0 Å². The second-order valence-corrected chi connectivity index (χ2v) is 4.74. The molecule has 1 aromatic heterocycles. The molecule has 0 saturated carbocycles. The molecule has 17 heavy (non-hydrogen) atoms. The number of hydrogen-bond donors (Lipinski definition) is 1. The third kappa shape index (κ3) is 3.11. The lowest BCUT2D eigenvalue weighted by Gasteiger charge is -2.08. The zero-order chi connectivity index (χ0) is 12.4. The summed E-state index contributed by atoms with van der Waals surface area (Å²) in [7, 11) is 0. The van der Waals surface area contributed by atoms with Crippen LogP contribution in [0.25, 0.3) is 0 Å². The molecule has 1 heterocycles. The Morgan fingerprint density at radius 1 is 1.06 bits per heavy atom. The van der Waals surface area contributed by atoms with Gasteiger partial charge in [-0.05, 0) is 49.2 Å². The first kappa shape index (κ1) is 12.2. The van der Waals surface area contributed by atoms with Crippen molar-refractivity contribution < 1.29 is 0 Å². The highest BCUT2D eigenvalue weighted by Crippen LogP contribution is 2.23. The van der Waals surface area contributed by atoms with Gasteiger partial charge in [0.15, 0.2) is 0 Å². The molecule has 0 unspecified atom stereocenters. The van der Waals surface area contributed by atoms with Crippen LogP contribution in [0.5, 0.6) is 0 Å². The van der Waals surface area contributed by atoms with Crippen LogP contribution in [0.15, 0.2) is 30.3 Å². The number of rotatable bonds is 2. The Morgan fingerprint density at radius 2 is 1.82 bits per heavy atom. The highest BCUT2D eigenvalue weighted by Gasteiger charge is 2.01. The van der Waals surface area contributed by atoms with Crippen LogP contribution in [0.2, 0.25) is 10.2 Å². The maximum absolute atomic E-state index is 6.06. The summed E-state index contributed by atoms with van der Waals surface area (Å²) in [5, 5.41) is 4.38. The maximum Gasteiger partial charge on any atom is 0.132 e. The maximum atomic E-state index is 6.06. The van der Waals surface area contributed by atoms with Crippen LogP contribution in [0.4, 0.5) is 11.5 Å². The molecule has 0 aliphatic carbocycles. The Bertz CT molecular complexity index is 533. The molecule has 0 saturated heterocycles. The number of aromatic nitrogens is 1. The van der Waals surface area contributed by atoms with E-state index in [1.165, 1.54) is 0 Å². The highest BCUT2D eigenvalue weighted by molar-refractivity contribution is 6.31. The van der Waals surface area contributed by atoms with Gasteiger partial charge in [-0.3, -0.25) is 0 Å². The van der Waals surface area contributed by atoms with Gasteiger partial charge in [-0.25, -0.2) is 4.98 Å². The van der Waals surface area contributed by atoms with Gasteiger partial charge in [-0.1, -0.05) is 29.3 Å². The number of benzene rings is 1. The lowest BCUT2D eigenvalue weighted by molar-refractivity contribution is 1.27. The van der Waals surface area contributed by atoms with E-state index in [2.05, 4.69) is 10.3 Å². The normalized spacial score (nSPS) is 10.4. The zero-order valence-corrected chi connectivity index (χ0v) is 11.1. The molecule has 2 nitrogen and oxygen atoms in total. The predicted molar refractivity (Wildman–Crippen MR) is 73.5 cm³/mol. The number of pyridine rings is 1. The van der Waals surface area contributed by atoms with Gasteiger partial charge in [-0.15, -0.1) is 0 Å². The second-order valence-electron chi connectivity index (χ2n) is 3.94. The number of hydrogen-bond acceptors (Lipinski definition) is 2. The average molecular weight is 267 g/mol. The Labute approximate surface area is 111 Å². The van der Waals surface area contributed by atoms with Crippen molar-refractivity contribution in [1.82, 2.24) is 4.98 Å². The molecule has 0 aliphatic heterocycles. The molecular weight excluding hydrogens is 255 g/mol. The average Bonchev–Trinajstić information content (AvgIpc) is 2.22. The minimum atomic E-state index is 0.478. The van der Waals surface area contributed by atoms with E-state index in [-0.39, 0.29) is 0 Å². The quantitative estimate of drug-likeness (QED) is 0.794. The van der Waals surface area contributed by atoms with Crippen LogP contribution in [0.1, 0.15) is 11.1 Å². The van der Waals surface area contributed by atoms with Gasteiger partial charge in [0.05, 0.1) is 0 Å². The lowest BCUT2D eigenvalue weighted by atomic mass is 10.2. The van der Waals surface area contributed by atoms with Gasteiger partial charge in [0, 0.05) is 10.7 Å². The third-order valence-electron chi connectivity index (χ3n) is 2.38. The molecule has 0 amide bonds. The van der Waals surface area contributed by atoms with Crippen molar-refractivity contribution in [2.75, 3.05) is 5.32 Å². The van der Waals surface area contributed by atoms with Crippen LogP contribution in [-0.2, 0) is 0 Å². The Kier molecular flexibility index (Phi) is 3.55. The van der Waals surface area contributed by atoms with E-state index in [0.717, 1.165) is 27.7 Å². The smallest absolute Gasteiger partial charge is 0.132 e. The molecule has 2 aromatic rings. The first-order valence-corrected chi connectivity index (χ1v) is 5.97. The Balaban J connectivity index is 2.28. The van der Waals surface area contributed by atoms with Crippen molar-refractivity contribution >= 4 is 34.7 Å². The molecule has 0 radical (unpaired) electrons. The van der Waals surface area contributed by atoms with Crippen LogP contribution in [0, 0.1) is 13.8 Å². The topological polar surface area (TPSA) is 24.9 Å². The largest absolute Gasteiger partial charge is 0.340 e. The monoisotopic (exact) mass is 266 g/mol. The minimum Gasteiger partial charge on any atom is -0.340 e. The molecule has 0 bridgehead atoms. The fourth-order valence-corrected chi connectivity index (χ4v) is 1.95. The van der Waals surface area contributed by atoms with Crippen molar-refractivity contribution in [3.8, 4) is 0 Å². The van der Waals surface area contributed by atoms with Crippen molar-refractivity contribution in [2.45, 2.75) is 13.8 Å². The molecule has 0 spiro atoms. The van der Waals surface area contributed by atoms with E-state index in [1.807, 2.05) is 44.2 Å². The van der Waals surface area contributed by atoms with E-state index < -0.39 is 0 Å². The van der Waals surface area contributed by atoms with E-state index >= 15 is 0 Å². The lowest BCUT2D eigenvalue weighted by Crippen LogP contribution is -1.94. The first-order valence-electron chi connectivity index (χ1n) is 5.22. The molecule has 2 rings (SSSR count). The van der Waals surface area contributed by atoms with E-state index in [0.29, 0.717) is 5.15 Å². The van der Waals surface area contributed by atoms with Gasteiger partial charge in [0.25, 0.3) is 0 Å². The predicted octanol–water partition coefficient (Wildman–Crippen LogP) is 4.75. The molecule has 1 aromatic carbocycles. The van der Waals surface area contributed by atoms with Crippen LogP contribution in [0.3, 0.4) is 0 Å². The second kappa shape index (κ2) is 4.94. The molecule has 0 atom stereocenters. The number of anilines is 2. The molecule has 0 fully saturated rings. The zero-order valence-electron chi connectivity index (χ0n) is 9.59. The van der Waals surface area contributed by atoms with Crippen molar-refractivity contribution in [2.24, 2.45) is 0 Å². The van der Waals surface area contributed by atoms with Crippen LogP contribution >= 0.6 is 23.2 Å². The molecule has 88 valence electrons. The summed E-state index contributed by atoms with van der Waals surface area (Å²) < 4.78 is 0. The summed E-state index contributed by atoms with van der Waals surface area (Å²) in [6.45, 7) is 3.94. The van der Waals surface area contributed by atoms with Crippen molar-refractivity contribution in [1.29, 1.82) is 0 Å². The fraction of sp³-hybridized carbons (Fsp3) is 0.154. The number of aryl methyl sites for hydroxylation is 2.